The van der Waals surface area contributed by atoms with Crippen molar-refractivity contribution < 1.29 is 13.9 Å². The summed E-state index contributed by atoms with van der Waals surface area (Å²) in [5, 5.41) is 3.34. The second kappa shape index (κ2) is 9.83. The molecule has 1 aromatic heterocycles. The lowest BCUT2D eigenvalue weighted by atomic mass is 10.1. The molecule has 1 unspecified atom stereocenters. The highest BCUT2D eigenvalue weighted by atomic mass is 19.1. The molecule has 0 aliphatic carbocycles. The molecular weight excluding hydrogens is 247 g/mol. The summed E-state index contributed by atoms with van der Waals surface area (Å²) in [4.78, 5) is 3.84. The Bertz CT molecular complexity index is 350. The first kappa shape index (κ1) is 16.0. The summed E-state index contributed by atoms with van der Waals surface area (Å²) >= 11 is 0. The average molecular weight is 270 g/mol. The summed E-state index contributed by atoms with van der Waals surface area (Å²) in [7, 11) is 1.66. The van der Waals surface area contributed by atoms with E-state index in [1.165, 1.54) is 12.3 Å². The average Bonchev–Trinajstić information content (AvgIpc) is 2.41. The van der Waals surface area contributed by atoms with Gasteiger partial charge in [0.05, 0.1) is 19.4 Å². The second-order valence-corrected chi connectivity index (χ2v) is 4.42. The summed E-state index contributed by atoms with van der Waals surface area (Å²) in [5.41, 5.74) is 0.872. The quantitative estimate of drug-likeness (QED) is 0.663. The zero-order chi connectivity index (χ0) is 13.9. The van der Waals surface area contributed by atoms with E-state index in [-0.39, 0.29) is 11.9 Å². The van der Waals surface area contributed by atoms with Crippen molar-refractivity contribution in [1.82, 2.24) is 10.3 Å². The summed E-state index contributed by atoms with van der Waals surface area (Å²) in [6.45, 7) is 4.93. The van der Waals surface area contributed by atoms with Gasteiger partial charge in [0.25, 0.3) is 0 Å². The Balaban J connectivity index is 2.06. The second-order valence-electron chi connectivity index (χ2n) is 4.42. The molecule has 1 N–H and O–H groups in total. The maximum atomic E-state index is 13.0. The van der Waals surface area contributed by atoms with Crippen LogP contribution in [0.15, 0.2) is 18.5 Å². The molecule has 0 spiro atoms. The highest BCUT2D eigenvalue weighted by Crippen LogP contribution is 2.11. The highest BCUT2D eigenvalue weighted by molar-refractivity contribution is 5.14. The predicted octanol–water partition coefficient (Wildman–Crippen LogP) is 2.31. The summed E-state index contributed by atoms with van der Waals surface area (Å²) < 4.78 is 23.3. The molecule has 0 bridgehead atoms. The summed E-state index contributed by atoms with van der Waals surface area (Å²) in [6, 6.07) is 1.62. The zero-order valence-electron chi connectivity index (χ0n) is 11.7. The topological polar surface area (TPSA) is 43.4 Å². The lowest BCUT2D eigenvalue weighted by molar-refractivity contribution is 0.0687. The van der Waals surface area contributed by atoms with Crippen LogP contribution in [-0.4, -0.2) is 38.5 Å². The van der Waals surface area contributed by atoms with Gasteiger partial charge in [-0.05, 0) is 37.9 Å². The number of pyridine rings is 1. The lowest BCUT2D eigenvalue weighted by Gasteiger charge is -2.13. The molecule has 1 rings (SSSR count). The Morgan fingerprint density at radius 3 is 2.84 bits per heavy atom. The Morgan fingerprint density at radius 1 is 1.26 bits per heavy atom. The van der Waals surface area contributed by atoms with E-state index >= 15 is 0 Å². The fourth-order valence-electron chi connectivity index (χ4n) is 1.67. The molecule has 19 heavy (non-hydrogen) atoms. The van der Waals surface area contributed by atoms with E-state index in [2.05, 4.69) is 10.3 Å². The van der Waals surface area contributed by atoms with E-state index in [4.69, 9.17) is 9.47 Å². The Labute approximate surface area is 114 Å². The van der Waals surface area contributed by atoms with Crippen LogP contribution in [0.5, 0.6) is 0 Å². The summed E-state index contributed by atoms with van der Waals surface area (Å²) in [5.74, 6) is -0.294. The number of rotatable bonds is 10. The van der Waals surface area contributed by atoms with E-state index < -0.39 is 0 Å². The number of nitrogens with one attached hydrogen (secondary N) is 1. The number of aromatic nitrogens is 1. The van der Waals surface area contributed by atoms with Gasteiger partial charge in [-0.25, -0.2) is 4.39 Å². The normalized spacial score (nSPS) is 12.6. The van der Waals surface area contributed by atoms with Crippen molar-refractivity contribution in [2.24, 2.45) is 0 Å². The molecule has 0 fully saturated rings. The van der Waals surface area contributed by atoms with Gasteiger partial charge in [0.1, 0.15) is 5.82 Å². The largest absolute Gasteiger partial charge is 0.382 e. The van der Waals surface area contributed by atoms with Crippen molar-refractivity contribution in [3.63, 3.8) is 0 Å². The van der Waals surface area contributed by atoms with Crippen LogP contribution >= 0.6 is 0 Å². The molecule has 0 saturated heterocycles. The number of hydrogen-bond donors (Lipinski definition) is 1. The van der Waals surface area contributed by atoms with Gasteiger partial charge in [0, 0.05) is 26.0 Å². The molecule has 0 aromatic carbocycles. The fourth-order valence-corrected chi connectivity index (χ4v) is 1.67. The highest BCUT2D eigenvalue weighted by Gasteiger charge is 2.05. The number of methoxy groups -OCH3 is 1. The molecule has 1 atom stereocenters. The Kier molecular flexibility index (Phi) is 8.29. The SMILES string of the molecule is COCCOCCCCNC(C)c1cncc(F)c1. The van der Waals surface area contributed by atoms with Crippen LogP contribution < -0.4 is 5.32 Å². The van der Waals surface area contributed by atoms with Crippen molar-refractivity contribution in [3.05, 3.63) is 29.8 Å². The van der Waals surface area contributed by atoms with E-state index in [0.717, 1.165) is 31.6 Å². The van der Waals surface area contributed by atoms with E-state index in [1.807, 2.05) is 6.92 Å². The molecule has 4 nitrogen and oxygen atoms in total. The van der Waals surface area contributed by atoms with Crippen LogP contribution in [0.25, 0.3) is 0 Å². The van der Waals surface area contributed by atoms with Crippen LogP contribution in [0.4, 0.5) is 4.39 Å². The third-order valence-electron chi connectivity index (χ3n) is 2.82. The summed E-state index contributed by atoms with van der Waals surface area (Å²) in [6.07, 6.45) is 4.94. The zero-order valence-corrected chi connectivity index (χ0v) is 11.7. The molecular formula is C14H23FN2O2. The monoisotopic (exact) mass is 270 g/mol. The van der Waals surface area contributed by atoms with Crippen LogP contribution in [0.3, 0.4) is 0 Å². The molecule has 0 radical (unpaired) electrons. The van der Waals surface area contributed by atoms with Crippen LogP contribution in [0.1, 0.15) is 31.4 Å². The van der Waals surface area contributed by atoms with Crippen LogP contribution in [0, 0.1) is 5.82 Å². The molecule has 0 amide bonds. The Morgan fingerprint density at radius 2 is 2.11 bits per heavy atom. The first-order valence-electron chi connectivity index (χ1n) is 6.64. The van der Waals surface area contributed by atoms with Gasteiger partial charge in [-0.3, -0.25) is 4.98 Å². The standard InChI is InChI=1S/C14H23FN2O2/c1-12(13-9-14(15)11-16-10-13)17-5-3-4-6-19-8-7-18-2/h9-12,17H,3-8H2,1-2H3. The number of nitrogens with zero attached hydrogens (tertiary/aromatic N) is 1. The van der Waals surface area contributed by atoms with Crippen molar-refractivity contribution in [3.8, 4) is 0 Å². The molecule has 0 aliphatic rings. The van der Waals surface area contributed by atoms with Gasteiger partial charge < -0.3 is 14.8 Å². The van der Waals surface area contributed by atoms with Crippen molar-refractivity contribution in [1.29, 1.82) is 0 Å². The minimum Gasteiger partial charge on any atom is -0.382 e. The number of halogens is 1. The van der Waals surface area contributed by atoms with Crippen molar-refractivity contribution >= 4 is 0 Å². The minimum atomic E-state index is -0.294. The molecule has 108 valence electrons. The van der Waals surface area contributed by atoms with Gasteiger partial charge in [0.2, 0.25) is 0 Å². The molecule has 0 saturated carbocycles. The third-order valence-corrected chi connectivity index (χ3v) is 2.82. The van der Waals surface area contributed by atoms with Crippen molar-refractivity contribution in [2.45, 2.75) is 25.8 Å². The third kappa shape index (κ3) is 7.20. The first-order chi connectivity index (χ1) is 9.24. The lowest BCUT2D eigenvalue weighted by Crippen LogP contribution is -2.20. The predicted molar refractivity (Wildman–Crippen MR) is 72.5 cm³/mol. The maximum Gasteiger partial charge on any atom is 0.141 e. The van der Waals surface area contributed by atoms with Crippen LogP contribution in [-0.2, 0) is 9.47 Å². The van der Waals surface area contributed by atoms with Crippen molar-refractivity contribution in [2.75, 3.05) is 33.5 Å². The smallest absolute Gasteiger partial charge is 0.141 e. The Hall–Kier alpha value is -1.04. The van der Waals surface area contributed by atoms with Gasteiger partial charge in [-0.2, -0.15) is 0 Å². The molecule has 5 heteroatoms. The van der Waals surface area contributed by atoms with Gasteiger partial charge in [-0.1, -0.05) is 0 Å². The maximum absolute atomic E-state index is 13.0. The van der Waals surface area contributed by atoms with E-state index in [1.54, 1.807) is 13.3 Å². The molecule has 0 aliphatic heterocycles. The van der Waals surface area contributed by atoms with E-state index in [9.17, 15) is 4.39 Å². The van der Waals surface area contributed by atoms with Gasteiger partial charge in [-0.15, -0.1) is 0 Å². The number of unbranched alkanes of at least 4 members (excludes halogenated alkanes) is 1. The van der Waals surface area contributed by atoms with Gasteiger partial charge in [0.15, 0.2) is 0 Å². The number of hydrogen-bond acceptors (Lipinski definition) is 4. The number of ether oxygens (including phenoxy) is 2. The fraction of sp³-hybridized carbons (Fsp3) is 0.643. The first-order valence-corrected chi connectivity index (χ1v) is 6.64. The van der Waals surface area contributed by atoms with Gasteiger partial charge >= 0.3 is 0 Å². The molecule has 1 aromatic rings. The van der Waals surface area contributed by atoms with E-state index in [0.29, 0.717) is 13.2 Å². The molecule has 1 heterocycles. The van der Waals surface area contributed by atoms with Crippen LogP contribution in [0.2, 0.25) is 0 Å². The minimum absolute atomic E-state index is 0.109.